The fourth-order valence-electron chi connectivity index (χ4n) is 0.694. The molecule has 1 rings (SSSR count). The van der Waals surface area contributed by atoms with Gasteiger partial charge in [-0.2, -0.15) is 0 Å². The molecule has 0 spiro atoms. The van der Waals surface area contributed by atoms with Crippen molar-refractivity contribution in [1.29, 1.82) is 0 Å². The molecule has 0 unspecified atom stereocenters. The smallest absolute Gasteiger partial charge is 0.284 e. The molecule has 0 radical (unpaired) electrons. The molecule has 2 N–H and O–H groups in total. The highest BCUT2D eigenvalue weighted by molar-refractivity contribution is 14.1. The predicted molar refractivity (Wildman–Crippen MR) is 55.2 cm³/mol. The van der Waals surface area contributed by atoms with Crippen molar-refractivity contribution in [3.05, 3.63) is 30.8 Å². The van der Waals surface area contributed by atoms with Crippen LogP contribution < -0.4 is 5.73 Å². The fraction of sp³-hybridized carbons (Fsp3) is 0. The maximum atomic E-state index is 10.4. The SMILES string of the molecule is Nc1cc([N+](=O)[O-])c(I)cc1Cl. The molecule has 0 saturated carbocycles. The molecule has 1 aromatic rings. The third-order valence-corrected chi connectivity index (χ3v) is 2.45. The number of benzene rings is 1. The van der Waals surface area contributed by atoms with E-state index in [0.717, 1.165) is 0 Å². The molecule has 0 fully saturated rings. The van der Waals surface area contributed by atoms with E-state index in [1.165, 1.54) is 12.1 Å². The Labute approximate surface area is 87.0 Å². The van der Waals surface area contributed by atoms with Crippen molar-refractivity contribution < 1.29 is 4.92 Å². The zero-order valence-corrected chi connectivity index (χ0v) is 8.67. The summed E-state index contributed by atoms with van der Waals surface area (Å²) in [6, 6.07) is 2.72. The second-order valence-corrected chi connectivity index (χ2v) is 3.65. The van der Waals surface area contributed by atoms with Gasteiger partial charge in [0.25, 0.3) is 5.69 Å². The van der Waals surface area contributed by atoms with Gasteiger partial charge in [0.15, 0.2) is 0 Å². The number of nitrogen functional groups attached to an aromatic ring is 1. The number of halogens is 2. The summed E-state index contributed by atoms with van der Waals surface area (Å²) in [5, 5.41) is 10.7. The fourth-order valence-corrected chi connectivity index (χ4v) is 1.71. The first kappa shape index (κ1) is 9.53. The average molecular weight is 298 g/mol. The lowest BCUT2D eigenvalue weighted by Crippen LogP contribution is -1.94. The molecule has 0 aliphatic heterocycles. The molecule has 12 heavy (non-hydrogen) atoms. The summed E-state index contributed by atoms with van der Waals surface area (Å²) in [5.41, 5.74) is 5.60. The van der Waals surface area contributed by atoms with E-state index in [1.54, 1.807) is 0 Å². The third-order valence-electron chi connectivity index (χ3n) is 1.26. The Morgan fingerprint density at radius 2 is 2.17 bits per heavy atom. The second-order valence-electron chi connectivity index (χ2n) is 2.08. The highest BCUT2D eigenvalue weighted by Gasteiger charge is 2.13. The normalized spacial score (nSPS) is 9.83. The van der Waals surface area contributed by atoms with Gasteiger partial charge in [-0.25, -0.2) is 0 Å². The number of nitrogens with zero attached hydrogens (tertiary/aromatic N) is 1. The van der Waals surface area contributed by atoms with Gasteiger partial charge in [-0.05, 0) is 28.7 Å². The monoisotopic (exact) mass is 298 g/mol. The molecular weight excluding hydrogens is 294 g/mol. The summed E-state index contributed by atoms with van der Waals surface area (Å²) in [6.45, 7) is 0. The summed E-state index contributed by atoms with van der Waals surface area (Å²) >= 11 is 7.47. The highest BCUT2D eigenvalue weighted by Crippen LogP contribution is 2.29. The number of hydrogen-bond acceptors (Lipinski definition) is 3. The van der Waals surface area contributed by atoms with Crippen LogP contribution in [-0.4, -0.2) is 4.92 Å². The molecule has 0 saturated heterocycles. The standard InChI is InChI=1S/C6H4ClIN2O2/c7-3-1-4(8)6(10(11)12)2-5(3)9/h1-2H,9H2. The minimum absolute atomic E-state index is 0.0162. The lowest BCUT2D eigenvalue weighted by Gasteiger charge is -1.99. The lowest BCUT2D eigenvalue weighted by molar-refractivity contribution is -0.385. The Bertz CT molecular complexity index is 343. The first-order valence-electron chi connectivity index (χ1n) is 2.91. The van der Waals surface area contributed by atoms with E-state index in [1.807, 2.05) is 22.6 Å². The third kappa shape index (κ3) is 1.78. The van der Waals surface area contributed by atoms with Gasteiger partial charge in [0, 0.05) is 6.07 Å². The van der Waals surface area contributed by atoms with Crippen LogP contribution in [0.5, 0.6) is 0 Å². The molecule has 6 heteroatoms. The highest BCUT2D eigenvalue weighted by atomic mass is 127. The van der Waals surface area contributed by atoms with E-state index in [0.29, 0.717) is 8.59 Å². The first-order valence-corrected chi connectivity index (χ1v) is 4.37. The van der Waals surface area contributed by atoms with E-state index in [4.69, 9.17) is 17.3 Å². The van der Waals surface area contributed by atoms with E-state index < -0.39 is 4.92 Å². The maximum Gasteiger partial charge on any atom is 0.284 e. The zero-order valence-electron chi connectivity index (χ0n) is 5.75. The molecule has 0 heterocycles. The van der Waals surface area contributed by atoms with E-state index in [-0.39, 0.29) is 11.4 Å². The van der Waals surface area contributed by atoms with Crippen LogP contribution in [0.25, 0.3) is 0 Å². The molecule has 0 aliphatic rings. The minimum atomic E-state index is -0.492. The number of anilines is 1. The molecular formula is C6H4ClIN2O2. The van der Waals surface area contributed by atoms with Crippen molar-refractivity contribution >= 4 is 45.6 Å². The van der Waals surface area contributed by atoms with Gasteiger partial charge in [0.05, 0.1) is 19.2 Å². The molecule has 64 valence electrons. The summed E-state index contributed by atoms with van der Waals surface area (Å²) in [4.78, 5) is 9.90. The number of hydrogen-bond donors (Lipinski definition) is 1. The number of nitro groups is 1. The van der Waals surface area contributed by atoms with Gasteiger partial charge in [-0.1, -0.05) is 11.6 Å². The number of rotatable bonds is 1. The van der Waals surface area contributed by atoms with E-state index in [2.05, 4.69) is 0 Å². The number of nitrogens with two attached hydrogens (primary N) is 1. The van der Waals surface area contributed by atoms with Crippen LogP contribution in [0.1, 0.15) is 0 Å². The molecule has 0 aromatic heterocycles. The van der Waals surface area contributed by atoms with Crippen molar-refractivity contribution in [3.8, 4) is 0 Å². The summed E-state index contributed by atoms with van der Waals surface area (Å²) in [6.07, 6.45) is 0. The summed E-state index contributed by atoms with van der Waals surface area (Å²) in [5.74, 6) is 0. The van der Waals surface area contributed by atoms with Gasteiger partial charge < -0.3 is 5.73 Å². The molecule has 0 bridgehead atoms. The van der Waals surface area contributed by atoms with Gasteiger partial charge in [-0.3, -0.25) is 10.1 Å². The Morgan fingerprint density at radius 1 is 1.58 bits per heavy atom. The van der Waals surface area contributed by atoms with Crippen molar-refractivity contribution in [1.82, 2.24) is 0 Å². The largest absolute Gasteiger partial charge is 0.397 e. The zero-order chi connectivity index (χ0) is 9.30. The van der Waals surface area contributed by atoms with E-state index in [9.17, 15) is 10.1 Å². The Hall–Kier alpha value is -0.560. The maximum absolute atomic E-state index is 10.4. The molecule has 0 atom stereocenters. The van der Waals surface area contributed by atoms with Crippen molar-refractivity contribution in [3.63, 3.8) is 0 Å². The van der Waals surface area contributed by atoms with Crippen LogP contribution in [0.3, 0.4) is 0 Å². The molecule has 0 amide bonds. The lowest BCUT2D eigenvalue weighted by atomic mass is 10.3. The van der Waals surface area contributed by atoms with Crippen LogP contribution in [0.2, 0.25) is 5.02 Å². The van der Waals surface area contributed by atoms with Crippen LogP contribution in [0.4, 0.5) is 11.4 Å². The Balaban J connectivity index is 3.33. The molecule has 1 aromatic carbocycles. The molecule has 4 nitrogen and oxygen atoms in total. The predicted octanol–water partition coefficient (Wildman–Crippen LogP) is 2.44. The van der Waals surface area contributed by atoms with Gasteiger partial charge in [0.1, 0.15) is 0 Å². The van der Waals surface area contributed by atoms with Gasteiger partial charge >= 0.3 is 0 Å². The summed E-state index contributed by atoms with van der Waals surface area (Å²) in [7, 11) is 0. The summed E-state index contributed by atoms with van der Waals surface area (Å²) < 4.78 is 0.483. The average Bonchev–Trinajstić information content (AvgIpc) is 1.96. The van der Waals surface area contributed by atoms with Crippen LogP contribution in [0.15, 0.2) is 12.1 Å². The number of nitro benzene ring substituents is 1. The van der Waals surface area contributed by atoms with Crippen LogP contribution >= 0.6 is 34.2 Å². The van der Waals surface area contributed by atoms with Crippen molar-refractivity contribution in [2.24, 2.45) is 0 Å². The topological polar surface area (TPSA) is 69.2 Å². The molecule has 0 aliphatic carbocycles. The second kappa shape index (κ2) is 3.44. The van der Waals surface area contributed by atoms with Crippen molar-refractivity contribution in [2.45, 2.75) is 0 Å². The van der Waals surface area contributed by atoms with Crippen LogP contribution in [0, 0.1) is 13.7 Å². The van der Waals surface area contributed by atoms with E-state index >= 15 is 0 Å². The quantitative estimate of drug-likeness (QED) is 0.375. The first-order chi connectivity index (χ1) is 5.52. The Kier molecular flexibility index (Phi) is 2.73. The van der Waals surface area contributed by atoms with Gasteiger partial charge in [-0.15, -0.1) is 0 Å². The van der Waals surface area contributed by atoms with Crippen LogP contribution in [-0.2, 0) is 0 Å². The minimum Gasteiger partial charge on any atom is -0.397 e. The van der Waals surface area contributed by atoms with Crippen molar-refractivity contribution in [2.75, 3.05) is 5.73 Å². The Morgan fingerprint density at radius 3 is 2.67 bits per heavy atom. The van der Waals surface area contributed by atoms with Gasteiger partial charge in [0.2, 0.25) is 0 Å².